The predicted octanol–water partition coefficient (Wildman–Crippen LogP) is 1.11. The van der Waals surface area contributed by atoms with Gasteiger partial charge in [0.15, 0.2) is 0 Å². The number of fused-ring (bicyclic) bond motifs is 1. The molecule has 0 radical (unpaired) electrons. The molecule has 64 valence electrons. The first kappa shape index (κ1) is 8.03. The molecule has 0 aromatic heterocycles. The van der Waals surface area contributed by atoms with Crippen LogP contribution in [0.5, 0.6) is 0 Å². The van der Waals surface area contributed by atoms with E-state index in [1.54, 1.807) is 6.07 Å². The lowest BCUT2D eigenvalue weighted by atomic mass is 10.0. The van der Waals surface area contributed by atoms with Crippen molar-refractivity contribution in [3.8, 4) is 12.3 Å². The van der Waals surface area contributed by atoms with Gasteiger partial charge in [-0.2, -0.15) is 0 Å². The molecule has 0 saturated heterocycles. The van der Waals surface area contributed by atoms with E-state index in [9.17, 15) is 4.79 Å². The second kappa shape index (κ2) is 3.04. The maximum atomic E-state index is 11.2. The van der Waals surface area contributed by atoms with Crippen LogP contribution in [0.3, 0.4) is 0 Å². The summed E-state index contributed by atoms with van der Waals surface area (Å²) in [5.41, 5.74) is 3.06. The molecule has 1 heterocycles. The third-order valence-electron chi connectivity index (χ3n) is 2.23. The van der Waals surface area contributed by atoms with Crippen molar-refractivity contribution < 1.29 is 4.79 Å². The van der Waals surface area contributed by atoms with E-state index in [2.05, 4.69) is 11.2 Å². The zero-order valence-corrected chi connectivity index (χ0v) is 7.13. The van der Waals surface area contributed by atoms with Gasteiger partial charge in [-0.15, -0.1) is 6.42 Å². The van der Waals surface area contributed by atoms with Crippen LogP contribution in [-0.4, -0.2) is 5.78 Å². The molecule has 0 bridgehead atoms. The van der Waals surface area contributed by atoms with E-state index in [1.807, 2.05) is 12.1 Å². The van der Waals surface area contributed by atoms with Crippen molar-refractivity contribution in [3.63, 3.8) is 0 Å². The largest absolute Gasteiger partial charge is 0.309 e. The van der Waals surface area contributed by atoms with E-state index in [0.29, 0.717) is 5.56 Å². The smallest absolute Gasteiger partial charge is 0.235 e. The fourth-order valence-electron chi connectivity index (χ4n) is 1.52. The minimum atomic E-state index is -0.241. The normalized spacial score (nSPS) is 13.5. The SMILES string of the molecule is C#CC(=O)c1ccc2c(c1)CNC2. The minimum absolute atomic E-state index is 0.241. The molecule has 0 spiro atoms. The maximum absolute atomic E-state index is 11.2. The van der Waals surface area contributed by atoms with Crippen LogP contribution in [0.2, 0.25) is 0 Å². The molecule has 0 fully saturated rings. The average molecular weight is 171 g/mol. The van der Waals surface area contributed by atoms with E-state index < -0.39 is 0 Å². The molecule has 0 saturated carbocycles. The first-order chi connectivity index (χ1) is 6.31. The summed E-state index contributed by atoms with van der Waals surface area (Å²) < 4.78 is 0. The highest BCUT2D eigenvalue weighted by atomic mass is 16.1. The van der Waals surface area contributed by atoms with Gasteiger partial charge in [0.2, 0.25) is 5.78 Å². The van der Waals surface area contributed by atoms with E-state index in [4.69, 9.17) is 6.42 Å². The molecule has 0 atom stereocenters. The highest BCUT2D eigenvalue weighted by Crippen LogP contribution is 2.16. The third kappa shape index (κ3) is 1.34. The summed E-state index contributed by atoms with van der Waals surface area (Å²) in [6, 6.07) is 5.62. The van der Waals surface area contributed by atoms with Gasteiger partial charge in [0.25, 0.3) is 0 Å². The molecule has 1 aromatic carbocycles. The summed E-state index contributed by atoms with van der Waals surface area (Å²) >= 11 is 0. The van der Waals surface area contributed by atoms with Gasteiger partial charge in [-0.05, 0) is 23.1 Å². The molecule has 1 N–H and O–H groups in total. The molecule has 2 heteroatoms. The summed E-state index contributed by atoms with van der Waals surface area (Å²) in [4.78, 5) is 11.2. The fraction of sp³-hybridized carbons (Fsp3) is 0.182. The van der Waals surface area contributed by atoms with Crippen LogP contribution in [0, 0.1) is 12.3 Å². The Bertz CT molecular complexity index is 401. The third-order valence-corrected chi connectivity index (χ3v) is 2.23. The van der Waals surface area contributed by atoms with Crippen molar-refractivity contribution in [2.75, 3.05) is 0 Å². The summed E-state index contributed by atoms with van der Waals surface area (Å²) in [6.45, 7) is 1.72. The summed E-state index contributed by atoms with van der Waals surface area (Å²) in [5, 5.41) is 3.21. The van der Waals surface area contributed by atoms with Gasteiger partial charge in [0.1, 0.15) is 0 Å². The Morgan fingerprint density at radius 1 is 1.38 bits per heavy atom. The Morgan fingerprint density at radius 3 is 2.92 bits per heavy atom. The van der Waals surface area contributed by atoms with Gasteiger partial charge >= 0.3 is 0 Å². The van der Waals surface area contributed by atoms with E-state index >= 15 is 0 Å². The van der Waals surface area contributed by atoms with Crippen LogP contribution < -0.4 is 5.32 Å². The lowest BCUT2D eigenvalue weighted by Gasteiger charge is -1.99. The fourth-order valence-corrected chi connectivity index (χ4v) is 1.52. The number of Topliss-reactive ketones (excluding diaryl/α,β-unsaturated/α-hetero) is 1. The Labute approximate surface area is 77.0 Å². The first-order valence-corrected chi connectivity index (χ1v) is 4.15. The number of hydrogen-bond donors (Lipinski definition) is 1. The molecule has 1 aliphatic rings. The number of nitrogens with one attached hydrogen (secondary N) is 1. The van der Waals surface area contributed by atoms with Gasteiger partial charge in [-0.25, -0.2) is 0 Å². The van der Waals surface area contributed by atoms with Crippen LogP contribution in [0.25, 0.3) is 0 Å². The van der Waals surface area contributed by atoms with Crippen molar-refractivity contribution in [2.24, 2.45) is 0 Å². The Kier molecular flexibility index (Phi) is 1.88. The molecule has 0 amide bonds. The van der Waals surface area contributed by atoms with Gasteiger partial charge in [-0.1, -0.05) is 12.1 Å². The van der Waals surface area contributed by atoms with Crippen molar-refractivity contribution in [1.29, 1.82) is 0 Å². The maximum Gasteiger partial charge on any atom is 0.235 e. The molecule has 0 unspecified atom stereocenters. The highest BCUT2D eigenvalue weighted by molar-refractivity contribution is 6.08. The zero-order valence-electron chi connectivity index (χ0n) is 7.13. The summed E-state index contributed by atoms with van der Waals surface area (Å²) in [6.07, 6.45) is 5.03. The van der Waals surface area contributed by atoms with Gasteiger partial charge < -0.3 is 5.32 Å². The first-order valence-electron chi connectivity index (χ1n) is 4.15. The second-order valence-electron chi connectivity index (χ2n) is 3.06. The zero-order chi connectivity index (χ0) is 9.26. The second-order valence-corrected chi connectivity index (χ2v) is 3.06. The summed E-state index contributed by atoms with van der Waals surface area (Å²) in [7, 11) is 0. The van der Waals surface area contributed by atoms with E-state index in [1.165, 1.54) is 11.1 Å². The van der Waals surface area contributed by atoms with Crippen molar-refractivity contribution in [1.82, 2.24) is 5.32 Å². The number of carbonyl (C=O) groups excluding carboxylic acids is 1. The lowest BCUT2D eigenvalue weighted by molar-refractivity contribution is 0.105. The molecule has 1 aliphatic heterocycles. The average Bonchev–Trinajstić information content (AvgIpc) is 2.63. The number of hydrogen-bond acceptors (Lipinski definition) is 2. The number of ketones is 1. The quantitative estimate of drug-likeness (QED) is 0.389. The Balaban J connectivity index is 2.43. The number of benzene rings is 1. The van der Waals surface area contributed by atoms with E-state index in [0.717, 1.165) is 13.1 Å². The molecule has 2 rings (SSSR count). The Morgan fingerprint density at radius 2 is 2.15 bits per heavy atom. The van der Waals surface area contributed by atoms with Gasteiger partial charge in [-0.3, -0.25) is 4.79 Å². The minimum Gasteiger partial charge on any atom is -0.309 e. The van der Waals surface area contributed by atoms with Crippen LogP contribution in [0.15, 0.2) is 18.2 Å². The molecule has 0 aliphatic carbocycles. The van der Waals surface area contributed by atoms with Gasteiger partial charge in [0.05, 0.1) is 0 Å². The number of carbonyl (C=O) groups is 1. The number of terminal acetylenes is 1. The molecule has 2 nitrogen and oxygen atoms in total. The van der Waals surface area contributed by atoms with Crippen molar-refractivity contribution >= 4 is 5.78 Å². The predicted molar refractivity (Wildman–Crippen MR) is 50.1 cm³/mol. The molecular formula is C11H9NO. The van der Waals surface area contributed by atoms with Crippen LogP contribution in [0.4, 0.5) is 0 Å². The van der Waals surface area contributed by atoms with Gasteiger partial charge in [0, 0.05) is 18.7 Å². The lowest BCUT2D eigenvalue weighted by Crippen LogP contribution is -2.00. The Hall–Kier alpha value is -1.59. The van der Waals surface area contributed by atoms with Crippen LogP contribution in [0.1, 0.15) is 21.5 Å². The number of rotatable bonds is 1. The molecular weight excluding hydrogens is 162 g/mol. The topological polar surface area (TPSA) is 29.1 Å². The standard InChI is InChI=1S/C11H9NO/c1-2-11(13)8-3-4-9-6-12-7-10(9)5-8/h1,3-5,12H,6-7H2. The molecule has 13 heavy (non-hydrogen) atoms. The molecule has 1 aromatic rings. The van der Waals surface area contributed by atoms with Crippen molar-refractivity contribution in [3.05, 3.63) is 34.9 Å². The summed E-state index contributed by atoms with van der Waals surface area (Å²) in [5.74, 6) is 1.87. The monoisotopic (exact) mass is 171 g/mol. The van der Waals surface area contributed by atoms with Crippen LogP contribution in [-0.2, 0) is 13.1 Å². The highest BCUT2D eigenvalue weighted by Gasteiger charge is 2.11. The van der Waals surface area contributed by atoms with E-state index in [-0.39, 0.29) is 5.78 Å². The van der Waals surface area contributed by atoms with Crippen molar-refractivity contribution in [2.45, 2.75) is 13.1 Å². The van der Waals surface area contributed by atoms with Crippen LogP contribution >= 0.6 is 0 Å².